The zero-order valence-corrected chi connectivity index (χ0v) is 12.1. The van der Waals surface area contributed by atoms with Crippen molar-refractivity contribution in [3.8, 4) is 0 Å². The standard InChI is InChI=1S/C14H24N4O/c1-10(2)8-11-9-12(18-15)17-13(16-11)14(3)6-4-5-7-19-14/h9-10H,4-8,15H2,1-3H3,(H,16,17,18). The lowest BCUT2D eigenvalue weighted by molar-refractivity contribution is -0.0761. The van der Waals surface area contributed by atoms with Gasteiger partial charge in [-0.25, -0.2) is 15.8 Å². The molecule has 2 rings (SSSR count). The van der Waals surface area contributed by atoms with Crippen LogP contribution >= 0.6 is 0 Å². The molecule has 0 aliphatic carbocycles. The maximum atomic E-state index is 5.92. The third kappa shape index (κ3) is 3.42. The Hall–Kier alpha value is -1.20. The maximum Gasteiger partial charge on any atom is 0.162 e. The van der Waals surface area contributed by atoms with E-state index < -0.39 is 0 Å². The Morgan fingerprint density at radius 2 is 2.21 bits per heavy atom. The summed E-state index contributed by atoms with van der Waals surface area (Å²) in [6.45, 7) is 7.20. The Morgan fingerprint density at radius 1 is 1.42 bits per heavy atom. The number of hydrazine groups is 1. The zero-order chi connectivity index (χ0) is 13.9. The Bertz CT molecular complexity index is 427. The number of hydrogen-bond acceptors (Lipinski definition) is 5. The van der Waals surface area contributed by atoms with E-state index in [4.69, 9.17) is 10.6 Å². The molecule has 1 aliphatic heterocycles. The second kappa shape index (κ2) is 5.84. The van der Waals surface area contributed by atoms with Crippen LogP contribution in [0.2, 0.25) is 0 Å². The number of nitrogen functional groups attached to an aromatic ring is 1. The summed E-state index contributed by atoms with van der Waals surface area (Å²) in [5.74, 6) is 7.47. The number of rotatable bonds is 4. The average Bonchev–Trinajstić information content (AvgIpc) is 2.38. The van der Waals surface area contributed by atoms with E-state index in [1.54, 1.807) is 0 Å². The molecule has 0 spiro atoms. The van der Waals surface area contributed by atoms with E-state index in [1.807, 2.05) is 6.07 Å². The number of anilines is 1. The summed E-state index contributed by atoms with van der Waals surface area (Å²) in [5, 5.41) is 0. The molecule has 1 fully saturated rings. The van der Waals surface area contributed by atoms with Crippen LogP contribution in [-0.4, -0.2) is 16.6 Å². The second-order valence-electron chi connectivity index (χ2n) is 5.85. The molecule has 0 bridgehead atoms. The van der Waals surface area contributed by atoms with Crippen LogP contribution < -0.4 is 11.3 Å². The van der Waals surface area contributed by atoms with Gasteiger partial charge in [0.15, 0.2) is 5.82 Å². The lowest BCUT2D eigenvalue weighted by Gasteiger charge is -2.32. The molecular weight excluding hydrogens is 240 g/mol. The Kier molecular flexibility index (Phi) is 4.37. The van der Waals surface area contributed by atoms with Crippen molar-refractivity contribution in [3.05, 3.63) is 17.6 Å². The molecule has 1 unspecified atom stereocenters. The first-order chi connectivity index (χ1) is 9.03. The molecule has 0 aromatic carbocycles. The second-order valence-corrected chi connectivity index (χ2v) is 5.85. The molecule has 3 N–H and O–H groups in total. The Balaban J connectivity index is 2.32. The van der Waals surface area contributed by atoms with Crippen molar-refractivity contribution in [3.63, 3.8) is 0 Å². The van der Waals surface area contributed by atoms with Crippen LogP contribution in [0.15, 0.2) is 6.07 Å². The molecule has 106 valence electrons. The molecule has 2 heterocycles. The van der Waals surface area contributed by atoms with E-state index in [-0.39, 0.29) is 5.60 Å². The highest BCUT2D eigenvalue weighted by Gasteiger charge is 2.33. The minimum Gasteiger partial charge on any atom is -0.367 e. The number of nitrogens with one attached hydrogen (secondary N) is 1. The molecule has 0 radical (unpaired) electrons. The molecule has 0 amide bonds. The first-order valence-corrected chi connectivity index (χ1v) is 7.02. The van der Waals surface area contributed by atoms with Gasteiger partial charge in [0.05, 0.1) is 0 Å². The van der Waals surface area contributed by atoms with Gasteiger partial charge in [-0.3, -0.25) is 0 Å². The molecule has 1 aromatic rings. The Morgan fingerprint density at radius 3 is 2.79 bits per heavy atom. The van der Waals surface area contributed by atoms with E-state index in [0.29, 0.717) is 11.7 Å². The summed E-state index contributed by atoms with van der Waals surface area (Å²) in [4.78, 5) is 9.17. The monoisotopic (exact) mass is 264 g/mol. The van der Waals surface area contributed by atoms with E-state index >= 15 is 0 Å². The van der Waals surface area contributed by atoms with E-state index in [2.05, 4.69) is 36.2 Å². The van der Waals surface area contributed by atoms with E-state index in [1.165, 1.54) is 0 Å². The third-order valence-corrected chi connectivity index (χ3v) is 3.49. The molecule has 1 aromatic heterocycles. The Labute approximate surface area is 114 Å². The lowest BCUT2D eigenvalue weighted by atomic mass is 9.94. The predicted octanol–water partition coefficient (Wildman–Crippen LogP) is 2.38. The fourth-order valence-corrected chi connectivity index (χ4v) is 2.44. The van der Waals surface area contributed by atoms with Crippen LogP contribution in [0.3, 0.4) is 0 Å². The summed E-state index contributed by atoms with van der Waals surface area (Å²) in [5.41, 5.74) is 3.27. The number of hydrogen-bond donors (Lipinski definition) is 2. The van der Waals surface area contributed by atoms with Gasteiger partial charge < -0.3 is 10.2 Å². The molecular formula is C14H24N4O. The van der Waals surface area contributed by atoms with Crippen molar-refractivity contribution in [1.29, 1.82) is 0 Å². The van der Waals surface area contributed by atoms with Gasteiger partial charge in [0.25, 0.3) is 0 Å². The lowest BCUT2D eigenvalue weighted by Crippen LogP contribution is -2.33. The molecule has 5 heteroatoms. The van der Waals surface area contributed by atoms with Crippen LogP contribution in [0.4, 0.5) is 5.82 Å². The molecule has 1 saturated heterocycles. The SMILES string of the molecule is CC(C)Cc1cc(NN)nc(C2(C)CCCCO2)n1. The first kappa shape index (κ1) is 14.2. The summed E-state index contributed by atoms with van der Waals surface area (Å²) in [7, 11) is 0. The van der Waals surface area contributed by atoms with Crippen molar-refractivity contribution >= 4 is 5.82 Å². The highest BCUT2D eigenvalue weighted by Crippen LogP contribution is 2.33. The summed E-state index contributed by atoms with van der Waals surface area (Å²) in [6.07, 6.45) is 4.14. The van der Waals surface area contributed by atoms with Crippen LogP contribution in [0.5, 0.6) is 0 Å². The minimum absolute atomic E-state index is 0.378. The van der Waals surface area contributed by atoms with Gasteiger partial charge in [0.2, 0.25) is 0 Å². The normalized spacial score (nSPS) is 23.6. The van der Waals surface area contributed by atoms with Gasteiger partial charge in [-0.1, -0.05) is 13.8 Å². The zero-order valence-electron chi connectivity index (χ0n) is 12.1. The van der Waals surface area contributed by atoms with Gasteiger partial charge in [0, 0.05) is 18.4 Å². The maximum absolute atomic E-state index is 5.92. The largest absolute Gasteiger partial charge is 0.367 e. The minimum atomic E-state index is -0.378. The molecule has 1 aliphatic rings. The molecule has 0 saturated carbocycles. The quantitative estimate of drug-likeness (QED) is 0.645. The van der Waals surface area contributed by atoms with E-state index in [9.17, 15) is 0 Å². The number of aromatic nitrogens is 2. The van der Waals surface area contributed by atoms with Crippen molar-refractivity contribution in [2.45, 2.75) is 52.1 Å². The fraction of sp³-hybridized carbons (Fsp3) is 0.714. The summed E-state index contributed by atoms with van der Waals surface area (Å²) >= 11 is 0. The van der Waals surface area contributed by atoms with Crippen molar-refractivity contribution < 1.29 is 4.74 Å². The number of nitrogens with two attached hydrogens (primary N) is 1. The highest BCUT2D eigenvalue weighted by atomic mass is 16.5. The van der Waals surface area contributed by atoms with Gasteiger partial charge in [0.1, 0.15) is 11.4 Å². The van der Waals surface area contributed by atoms with Gasteiger partial charge in [-0.2, -0.15) is 0 Å². The van der Waals surface area contributed by atoms with Gasteiger partial charge in [-0.15, -0.1) is 0 Å². The number of nitrogens with zero attached hydrogens (tertiary/aromatic N) is 2. The van der Waals surface area contributed by atoms with Crippen LogP contribution in [0.1, 0.15) is 51.6 Å². The highest BCUT2D eigenvalue weighted by molar-refractivity contribution is 5.35. The van der Waals surface area contributed by atoms with Crippen molar-refractivity contribution in [2.75, 3.05) is 12.0 Å². The third-order valence-electron chi connectivity index (χ3n) is 3.49. The van der Waals surface area contributed by atoms with Crippen molar-refractivity contribution in [1.82, 2.24) is 9.97 Å². The van der Waals surface area contributed by atoms with Crippen molar-refractivity contribution in [2.24, 2.45) is 11.8 Å². The fourth-order valence-electron chi connectivity index (χ4n) is 2.44. The van der Waals surface area contributed by atoms with Crippen LogP contribution in [-0.2, 0) is 16.8 Å². The predicted molar refractivity (Wildman–Crippen MR) is 75.5 cm³/mol. The van der Waals surface area contributed by atoms with Crippen LogP contribution in [0, 0.1) is 5.92 Å². The summed E-state index contributed by atoms with van der Waals surface area (Å²) in [6, 6.07) is 1.91. The van der Waals surface area contributed by atoms with Crippen LogP contribution in [0.25, 0.3) is 0 Å². The molecule has 5 nitrogen and oxygen atoms in total. The first-order valence-electron chi connectivity index (χ1n) is 7.02. The van der Waals surface area contributed by atoms with Gasteiger partial charge >= 0.3 is 0 Å². The molecule has 19 heavy (non-hydrogen) atoms. The number of ether oxygens (including phenoxy) is 1. The van der Waals surface area contributed by atoms with Gasteiger partial charge in [-0.05, 0) is 38.5 Å². The smallest absolute Gasteiger partial charge is 0.162 e. The topological polar surface area (TPSA) is 73.1 Å². The summed E-state index contributed by atoms with van der Waals surface area (Å²) < 4.78 is 5.92. The van der Waals surface area contributed by atoms with E-state index in [0.717, 1.165) is 43.8 Å². The molecule has 1 atom stereocenters. The average molecular weight is 264 g/mol.